The molecule has 4 nitrogen and oxygen atoms in total. The Bertz CT molecular complexity index is 288. The van der Waals surface area contributed by atoms with Gasteiger partial charge in [-0.3, -0.25) is 0 Å². The maximum atomic E-state index is 5.44. The summed E-state index contributed by atoms with van der Waals surface area (Å²) in [5.41, 5.74) is 0. The SMILES string of the molecule is COCOC[C@H]1COC([C]2[C-][CH][CH][CH]2)=N1.[CH]1[CH][CH][CH][CH]1.[Fe+2].[Li+]. The first-order valence-electron chi connectivity index (χ1n) is 6.48. The summed E-state index contributed by atoms with van der Waals surface area (Å²) in [6, 6.07) is 0.0680. The molecular formula is C16H18FeLiNO3+2. The minimum atomic E-state index is 0. The summed E-state index contributed by atoms with van der Waals surface area (Å²) in [6.07, 6.45) is 18.7. The third-order valence-corrected chi connectivity index (χ3v) is 2.61. The number of rotatable bonds is 5. The molecule has 0 bridgehead atoms. The molecule has 0 aromatic heterocycles. The zero-order chi connectivity index (χ0) is 14.0. The third-order valence-electron chi connectivity index (χ3n) is 2.61. The van der Waals surface area contributed by atoms with Crippen LogP contribution in [0.15, 0.2) is 4.99 Å². The molecule has 10 radical (unpaired) electrons. The molecule has 0 aromatic carbocycles. The van der Waals surface area contributed by atoms with Crippen molar-refractivity contribution < 1.29 is 50.1 Å². The number of aliphatic imine (C=N–C) groups is 1. The number of ether oxygens (including phenoxy) is 3. The third kappa shape index (κ3) is 8.38. The molecule has 112 valence electrons. The molecular weight excluding hydrogens is 317 g/mol. The van der Waals surface area contributed by atoms with Crippen LogP contribution >= 0.6 is 0 Å². The maximum Gasteiger partial charge on any atom is 2.00 e. The Morgan fingerprint density at radius 3 is 2.45 bits per heavy atom. The van der Waals surface area contributed by atoms with E-state index >= 15 is 0 Å². The fourth-order valence-electron chi connectivity index (χ4n) is 1.70. The maximum absolute atomic E-state index is 5.44. The van der Waals surface area contributed by atoms with E-state index in [1.54, 1.807) is 7.11 Å². The fourth-order valence-corrected chi connectivity index (χ4v) is 1.70. The van der Waals surface area contributed by atoms with Gasteiger partial charge in [-0.05, 0) is 32.1 Å². The van der Waals surface area contributed by atoms with Gasteiger partial charge in [0.25, 0.3) is 0 Å². The summed E-state index contributed by atoms with van der Waals surface area (Å²) in [6.45, 7) is 1.39. The first kappa shape index (κ1) is 22.5. The Morgan fingerprint density at radius 1 is 1.23 bits per heavy atom. The van der Waals surface area contributed by atoms with Crippen LogP contribution in [0.25, 0.3) is 0 Å². The molecule has 2 saturated carbocycles. The first-order chi connectivity index (χ1) is 9.90. The van der Waals surface area contributed by atoms with Crippen LogP contribution in [0, 0.1) is 63.7 Å². The van der Waals surface area contributed by atoms with E-state index in [0.717, 1.165) is 5.92 Å². The molecule has 2 fully saturated rings. The predicted molar refractivity (Wildman–Crippen MR) is 75.9 cm³/mol. The van der Waals surface area contributed by atoms with Crippen molar-refractivity contribution in [2.45, 2.75) is 6.04 Å². The molecule has 0 unspecified atom stereocenters. The minimum Gasteiger partial charge on any atom is -0.481 e. The van der Waals surface area contributed by atoms with Crippen molar-refractivity contribution in [1.82, 2.24) is 0 Å². The summed E-state index contributed by atoms with van der Waals surface area (Å²) in [7, 11) is 1.60. The van der Waals surface area contributed by atoms with Crippen LogP contribution in [0.2, 0.25) is 0 Å². The Hall–Kier alpha value is 0.507. The van der Waals surface area contributed by atoms with E-state index in [9.17, 15) is 0 Å². The van der Waals surface area contributed by atoms with Crippen molar-refractivity contribution in [1.29, 1.82) is 0 Å². The molecule has 3 rings (SSSR count). The van der Waals surface area contributed by atoms with Gasteiger partial charge in [-0.25, -0.2) is 11.4 Å². The van der Waals surface area contributed by atoms with Gasteiger partial charge in [0, 0.05) is 7.11 Å². The van der Waals surface area contributed by atoms with Crippen molar-refractivity contribution in [3.05, 3.63) is 63.7 Å². The van der Waals surface area contributed by atoms with Gasteiger partial charge in [0.05, 0.1) is 6.61 Å². The van der Waals surface area contributed by atoms with Crippen molar-refractivity contribution in [2.75, 3.05) is 27.1 Å². The van der Waals surface area contributed by atoms with E-state index in [1.165, 1.54) is 0 Å². The van der Waals surface area contributed by atoms with E-state index in [4.69, 9.17) is 14.2 Å². The predicted octanol–water partition coefficient (Wildman–Crippen LogP) is -1.29. The second kappa shape index (κ2) is 13.9. The van der Waals surface area contributed by atoms with E-state index in [-0.39, 0.29) is 42.0 Å². The van der Waals surface area contributed by atoms with Gasteiger partial charge in [0.2, 0.25) is 0 Å². The molecule has 22 heavy (non-hydrogen) atoms. The Balaban J connectivity index is 0.000000542. The molecule has 1 heterocycles. The number of hydrogen-bond acceptors (Lipinski definition) is 4. The van der Waals surface area contributed by atoms with Crippen LogP contribution in [0.4, 0.5) is 0 Å². The second-order valence-corrected chi connectivity index (χ2v) is 4.22. The van der Waals surface area contributed by atoms with E-state index in [2.05, 4.69) is 11.4 Å². The molecule has 1 atom stereocenters. The smallest absolute Gasteiger partial charge is 0.481 e. The van der Waals surface area contributed by atoms with Crippen molar-refractivity contribution in [2.24, 2.45) is 4.99 Å². The largest absolute Gasteiger partial charge is 2.00 e. The van der Waals surface area contributed by atoms with Crippen LogP contribution in [-0.4, -0.2) is 39.1 Å². The molecule has 2 aliphatic carbocycles. The second-order valence-electron chi connectivity index (χ2n) is 4.22. The van der Waals surface area contributed by atoms with Crippen molar-refractivity contribution in [3.63, 3.8) is 0 Å². The molecule has 0 N–H and O–H groups in total. The van der Waals surface area contributed by atoms with Crippen molar-refractivity contribution in [3.8, 4) is 0 Å². The van der Waals surface area contributed by atoms with Gasteiger partial charge in [-0.2, -0.15) is 0 Å². The van der Waals surface area contributed by atoms with Crippen LogP contribution in [0.1, 0.15) is 0 Å². The zero-order valence-corrected chi connectivity index (χ0v) is 13.9. The van der Waals surface area contributed by atoms with Gasteiger partial charge < -0.3 is 20.6 Å². The quantitative estimate of drug-likeness (QED) is 0.272. The van der Waals surface area contributed by atoms with Crippen LogP contribution in [-0.2, 0) is 31.3 Å². The van der Waals surface area contributed by atoms with Gasteiger partial charge in [-0.15, -0.1) is 5.92 Å². The average Bonchev–Trinajstić information content (AvgIpc) is 3.22. The molecule has 0 spiro atoms. The van der Waals surface area contributed by atoms with Gasteiger partial charge in [-0.1, -0.05) is 12.8 Å². The monoisotopic (exact) mass is 335 g/mol. The normalized spacial score (nSPS) is 23.7. The summed E-state index contributed by atoms with van der Waals surface area (Å²) >= 11 is 0. The summed E-state index contributed by atoms with van der Waals surface area (Å²) in [4.78, 5) is 4.38. The molecule has 6 heteroatoms. The molecule has 1 aliphatic heterocycles. The van der Waals surface area contributed by atoms with Crippen molar-refractivity contribution >= 4 is 5.90 Å². The summed E-state index contributed by atoms with van der Waals surface area (Å²) in [5, 5.41) is 0. The van der Waals surface area contributed by atoms with Gasteiger partial charge >= 0.3 is 35.9 Å². The number of methoxy groups -OCH3 is 1. The number of nitrogens with zero attached hydrogens (tertiary/aromatic N) is 1. The molecule has 0 saturated heterocycles. The zero-order valence-electron chi connectivity index (χ0n) is 12.8. The molecule has 0 amide bonds. The first-order valence-corrected chi connectivity index (χ1v) is 6.48. The van der Waals surface area contributed by atoms with E-state index in [0.29, 0.717) is 25.9 Å². The van der Waals surface area contributed by atoms with E-state index in [1.807, 2.05) is 51.4 Å². The topological polar surface area (TPSA) is 40.0 Å². The van der Waals surface area contributed by atoms with Crippen LogP contribution in [0.5, 0.6) is 0 Å². The standard InChI is InChI=1S/C11H13NO3.C5H5.Fe.Li/c1-13-8-14-6-10-7-15-11(12-10)9-4-2-3-5-9;1-2-4-5-3-1;;/h2-4,10H,6-8H2,1H3;1-5H;;/q-1;;+2;+1/t10-;;;/m0.../s1. The van der Waals surface area contributed by atoms with E-state index < -0.39 is 0 Å². The Morgan fingerprint density at radius 2 is 1.91 bits per heavy atom. The molecule has 3 aliphatic rings. The number of hydrogen-bond donors (Lipinski definition) is 0. The van der Waals surface area contributed by atoms with Crippen LogP contribution < -0.4 is 18.9 Å². The fraction of sp³-hybridized carbons (Fsp3) is 0.312. The average molecular weight is 335 g/mol. The molecule has 0 aromatic rings. The minimum absolute atomic E-state index is 0. The Labute approximate surface area is 157 Å². The van der Waals surface area contributed by atoms with Crippen LogP contribution in [0.3, 0.4) is 0 Å². The van der Waals surface area contributed by atoms with Gasteiger partial charge in [0.1, 0.15) is 19.4 Å². The van der Waals surface area contributed by atoms with Gasteiger partial charge in [0.15, 0.2) is 5.90 Å². The Kier molecular flexibility index (Phi) is 14.2. The summed E-state index contributed by atoms with van der Waals surface area (Å²) in [5.74, 6) is 1.57. The summed E-state index contributed by atoms with van der Waals surface area (Å²) < 4.78 is 15.4.